The van der Waals surface area contributed by atoms with Crippen molar-refractivity contribution >= 4 is 17.3 Å². The van der Waals surface area contributed by atoms with Crippen molar-refractivity contribution in [2.24, 2.45) is 46.7 Å². The number of benzene rings is 1. The van der Waals surface area contributed by atoms with Crippen LogP contribution in [0, 0.1) is 40.9 Å². The quantitative estimate of drug-likeness (QED) is 0.189. The van der Waals surface area contributed by atoms with E-state index in [2.05, 4.69) is 33.8 Å². The largest absolute Gasteiger partial charge is 0.458 e. The number of hydrogen-bond donors (Lipinski definition) is 3. The maximum absolute atomic E-state index is 12.8. The Morgan fingerprint density at radius 2 is 1.81 bits per heavy atom. The summed E-state index contributed by atoms with van der Waals surface area (Å²) in [7, 11) is 0. The highest BCUT2D eigenvalue weighted by molar-refractivity contribution is 5.91. The van der Waals surface area contributed by atoms with Crippen LogP contribution in [0.5, 0.6) is 0 Å². The second kappa shape index (κ2) is 11.8. The van der Waals surface area contributed by atoms with Gasteiger partial charge in [-0.25, -0.2) is 4.79 Å². The van der Waals surface area contributed by atoms with Crippen molar-refractivity contribution in [3.8, 4) is 0 Å². The predicted octanol–water partition coefficient (Wildman–Crippen LogP) is 6.97. The Morgan fingerprint density at radius 3 is 2.49 bits per heavy atom. The Hall–Kier alpha value is -2.01. The standard InChI is InChI=1S/C32H51N3O2/c1-20(2)6-5-7-21(3)22-8-9-23(14-22)29-11-10-25-17-28(12-13-32(25,4)30(29)19-33)37-31(36)24-15-26(34)18-27(35)16-24/h10,15-16,18,20-23,28-30H,5-9,11-14,17,19,33-35H2,1-4H3. The van der Waals surface area contributed by atoms with Crippen LogP contribution >= 0.6 is 0 Å². The molecule has 0 bridgehead atoms. The fourth-order valence-electron chi connectivity index (χ4n) is 7.97. The second-order valence-electron chi connectivity index (χ2n) is 13.2. The van der Waals surface area contributed by atoms with Gasteiger partial charge in [-0.05, 0) is 104 Å². The lowest BCUT2D eigenvalue weighted by Crippen LogP contribution is -2.47. The first-order valence-corrected chi connectivity index (χ1v) is 14.9. The minimum absolute atomic E-state index is 0.105. The van der Waals surface area contributed by atoms with E-state index in [9.17, 15) is 4.79 Å². The van der Waals surface area contributed by atoms with E-state index < -0.39 is 0 Å². The highest BCUT2D eigenvalue weighted by Gasteiger charge is 2.49. The van der Waals surface area contributed by atoms with Crippen LogP contribution in [0.25, 0.3) is 0 Å². The third-order valence-corrected chi connectivity index (χ3v) is 10.2. The normalized spacial score (nSPS) is 32.6. The van der Waals surface area contributed by atoms with E-state index in [4.69, 9.17) is 21.9 Å². The summed E-state index contributed by atoms with van der Waals surface area (Å²) in [5.74, 6) is 4.18. The van der Waals surface area contributed by atoms with Crippen LogP contribution in [0.2, 0.25) is 0 Å². The van der Waals surface area contributed by atoms with Crippen molar-refractivity contribution in [2.75, 3.05) is 18.0 Å². The smallest absolute Gasteiger partial charge is 0.338 e. The average Bonchev–Trinajstić information content (AvgIpc) is 3.33. The molecule has 4 rings (SSSR count). The number of carbonyl (C=O) groups excluding carboxylic acids is 1. The number of hydrogen-bond acceptors (Lipinski definition) is 5. The number of anilines is 2. The van der Waals surface area contributed by atoms with Crippen molar-refractivity contribution in [3.05, 3.63) is 35.4 Å². The Balaban J connectivity index is 1.38. The van der Waals surface area contributed by atoms with Crippen molar-refractivity contribution in [2.45, 2.75) is 98.0 Å². The Labute approximate surface area is 225 Å². The summed E-state index contributed by atoms with van der Waals surface area (Å²) in [5, 5.41) is 0. The Bertz CT molecular complexity index is 953. The highest BCUT2D eigenvalue weighted by Crippen LogP contribution is 2.56. The first-order chi connectivity index (χ1) is 17.6. The highest BCUT2D eigenvalue weighted by atomic mass is 16.5. The molecule has 7 unspecified atom stereocenters. The van der Waals surface area contributed by atoms with E-state index in [0.717, 1.165) is 55.9 Å². The van der Waals surface area contributed by atoms with E-state index in [1.165, 1.54) is 44.1 Å². The first kappa shape index (κ1) is 28.0. The van der Waals surface area contributed by atoms with Crippen LogP contribution in [0.3, 0.4) is 0 Å². The molecule has 1 aromatic carbocycles. The molecule has 3 aliphatic carbocycles. The van der Waals surface area contributed by atoms with E-state index >= 15 is 0 Å². The third kappa shape index (κ3) is 6.35. The van der Waals surface area contributed by atoms with Gasteiger partial charge in [-0.2, -0.15) is 0 Å². The summed E-state index contributed by atoms with van der Waals surface area (Å²) < 4.78 is 5.94. The van der Waals surface area contributed by atoms with E-state index in [1.807, 2.05) is 0 Å². The minimum atomic E-state index is -0.336. The van der Waals surface area contributed by atoms with Crippen molar-refractivity contribution in [1.82, 2.24) is 0 Å². The van der Waals surface area contributed by atoms with Gasteiger partial charge in [-0.15, -0.1) is 0 Å². The van der Waals surface area contributed by atoms with Gasteiger partial charge in [-0.1, -0.05) is 58.6 Å². The number of nitrogens with two attached hydrogens (primary N) is 3. The van der Waals surface area contributed by atoms with Crippen LogP contribution in [0.15, 0.2) is 29.8 Å². The molecule has 0 heterocycles. The minimum Gasteiger partial charge on any atom is -0.458 e. The van der Waals surface area contributed by atoms with Gasteiger partial charge in [0.2, 0.25) is 0 Å². The number of esters is 1. The van der Waals surface area contributed by atoms with Gasteiger partial charge in [0.25, 0.3) is 0 Å². The molecule has 0 saturated heterocycles. The van der Waals surface area contributed by atoms with Crippen LogP contribution in [-0.2, 0) is 4.74 Å². The maximum atomic E-state index is 12.8. The third-order valence-electron chi connectivity index (χ3n) is 10.2. The Morgan fingerprint density at radius 1 is 1.08 bits per heavy atom. The summed E-state index contributed by atoms with van der Waals surface area (Å²) >= 11 is 0. The molecule has 5 heteroatoms. The monoisotopic (exact) mass is 509 g/mol. The zero-order valence-electron chi connectivity index (χ0n) is 23.7. The lowest BCUT2D eigenvalue weighted by Gasteiger charge is -2.51. The van der Waals surface area contributed by atoms with E-state index in [0.29, 0.717) is 28.8 Å². The summed E-state index contributed by atoms with van der Waals surface area (Å²) in [6, 6.07) is 4.93. The number of nitrogen functional groups attached to an aromatic ring is 2. The number of allylic oxidation sites excluding steroid dienone is 1. The molecule has 7 atom stereocenters. The molecule has 5 nitrogen and oxygen atoms in total. The molecule has 0 spiro atoms. The van der Waals surface area contributed by atoms with E-state index in [1.54, 1.807) is 18.2 Å². The SMILES string of the molecule is CC(C)CCCC(C)C1CCC(C2CC=C3CC(OC(=O)c4cc(N)cc(N)c4)CCC3(C)C2CN)C1. The summed E-state index contributed by atoms with van der Waals surface area (Å²) in [6.45, 7) is 10.3. The Kier molecular flexibility index (Phi) is 8.93. The lowest BCUT2D eigenvalue weighted by molar-refractivity contribution is 0.00283. The molecule has 0 aliphatic heterocycles. The van der Waals surface area contributed by atoms with Crippen molar-refractivity contribution in [1.29, 1.82) is 0 Å². The van der Waals surface area contributed by atoms with Crippen LogP contribution in [0.1, 0.15) is 102 Å². The summed E-state index contributed by atoms with van der Waals surface area (Å²) in [4.78, 5) is 12.8. The number of carbonyl (C=O) groups is 1. The first-order valence-electron chi connectivity index (χ1n) is 14.9. The van der Waals surface area contributed by atoms with Crippen LogP contribution in [0.4, 0.5) is 11.4 Å². The topological polar surface area (TPSA) is 104 Å². The molecule has 2 saturated carbocycles. The van der Waals surface area contributed by atoms with Gasteiger partial charge in [0.1, 0.15) is 6.10 Å². The van der Waals surface area contributed by atoms with Crippen molar-refractivity contribution < 1.29 is 9.53 Å². The molecule has 37 heavy (non-hydrogen) atoms. The number of fused-ring (bicyclic) bond motifs is 1. The van der Waals surface area contributed by atoms with Crippen LogP contribution in [-0.4, -0.2) is 18.6 Å². The molecule has 0 aromatic heterocycles. The summed E-state index contributed by atoms with van der Waals surface area (Å²) in [5.41, 5.74) is 21.2. The molecule has 1 aromatic rings. The van der Waals surface area contributed by atoms with Gasteiger partial charge in [0.15, 0.2) is 0 Å². The van der Waals surface area contributed by atoms with Gasteiger partial charge in [0.05, 0.1) is 5.56 Å². The van der Waals surface area contributed by atoms with Gasteiger partial charge < -0.3 is 21.9 Å². The molecule has 6 N–H and O–H groups in total. The number of rotatable bonds is 9. The zero-order chi connectivity index (χ0) is 26.7. The van der Waals surface area contributed by atoms with Gasteiger partial charge in [-0.3, -0.25) is 0 Å². The molecular weight excluding hydrogens is 458 g/mol. The second-order valence-corrected chi connectivity index (χ2v) is 13.2. The van der Waals surface area contributed by atoms with Crippen LogP contribution < -0.4 is 17.2 Å². The summed E-state index contributed by atoms with van der Waals surface area (Å²) in [6.07, 6.45) is 14.5. The molecule has 0 amide bonds. The average molecular weight is 510 g/mol. The number of ether oxygens (including phenoxy) is 1. The van der Waals surface area contributed by atoms with Gasteiger partial charge >= 0.3 is 5.97 Å². The molecule has 206 valence electrons. The van der Waals surface area contributed by atoms with E-state index in [-0.39, 0.29) is 17.5 Å². The fraction of sp³-hybridized carbons (Fsp3) is 0.719. The maximum Gasteiger partial charge on any atom is 0.338 e. The molecule has 0 radical (unpaired) electrons. The zero-order valence-corrected chi connectivity index (χ0v) is 23.7. The lowest BCUT2D eigenvalue weighted by atomic mass is 9.54. The van der Waals surface area contributed by atoms with Crippen molar-refractivity contribution in [3.63, 3.8) is 0 Å². The fourth-order valence-corrected chi connectivity index (χ4v) is 7.97. The molecule has 2 fully saturated rings. The molecular formula is C32H51N3O2. The predicted molar refractivity (Wildman–Crippen MR) is 154 cm³/mol. The van der Waals surface area contributed by atoms with Gasteiger partial charge in [0, 0.05) is 17.8 Å². The molecule has 3 aliphatic rings.